The predicted octanol–water partition coefficient (Wildman–Crippen LogP) is 4.50. The Balaban J connectivity index is 0.00000208. The Hall–Kier alpha value is 0.00870. The van der Waals surface area contributed by atoms with E-state index in [1.807, 2.05) is 0 Å². The van der Waals surface area contributed by atoms with Crippen molar-refractivity contribution in [3.8, 4) is 0 Å². The Morgan fingerprint density at radius 3 is 1.79 bits per heavy atom. The number of rotatable bonds is 4. The third-order valence-corrected chi connectivity index (χ3v) is 6.17. The molecular weight excluding hydrogens is 403 g/mol. The third kappa shape index (κ3) is 6.07. The summed E-state index contributed by atoms with van der Waals surface area (Å²) >= 11 is 0. The average molecular weight is 441 g/mol. The van der Waals surface area contributed by atoms with Crippen LogP contribution in [0, 0.1) is 11.8 Å². The van der Waals surface area contributed by atoms with E-state index in [1.54, 1.807) is 0 Å². The molecule has 0 atom stereocenters. The Bertz CT molecular complexity index is 400. The van der Waals surface area contributed by atoms with E-state index in [4.69, 9.17) is 4.74 Å². The van der Waals surface area contributed by atoms with Gasteiger partial charge in [0, 0.05) is 5.57 Å². The summed E-state index contributed by atoms with van der Waals surface area (Å²) in [5, 5.41) is 0. The number of hydrogen-bond acceptors (Lipinski definition) is 2. The molecule has 3 aliphatic rings. The molecule has 0 unspecified atom stereocenters. The molecule has 0 amide bonds. The van der Waals surface area contributed by atoms with Crippen LogP contribution in [0.5, 0.6) is 0 Å². The van der Waals surface area contributed by atoms with E-state index in [2.05, 4.69) is 6.08 Å². The summed E-state index contributed by atoms with van der Waals surface area (Å²) in [6.45, 7) is 0. The molecule has 0 N–H and O–H groups in total. The number of carbonyl (C=O) groups is 1. The summed E-state index contributed by atoms with van der Waals surface area (Å²) in [5.74, 6) is 1.13. The quantitative estimate of drug-likeness (QED) is 0.365. The molecule has 3 saturated carbocycles. The number of hydrogen-bond donors (Lipinski definition) is 0. The molecular formula is C21H38O2Sn. The van der Waals surface area contributed by atoms with Crippen molar-refractivity contribution >= 4 is 29.9 Å². The molecule has 3 rings (SSSR count). The van der Waals surface area contributed by atoms with Crippen LogP contribution in [-0.2, 0) is 9.53 Å². The van der Waals surface area contributed by atoms with Gasteiger partial charge in [-0.1, -0.05) is 51.0 Å². The van der Waals surface area contributed by atoms with Crippen LogP contribution in [0.15, 0.2) is 11.6 Å². The van der Waals surface area contributed by atoms with Gasteiger partial charge >= 0.3 is 29.9 Å². The Morgan fingerprint density at radius 1 is 0.708 bits per heavy atom. The fourth-order valence-electron chi connectivity index (χ4n) is 4.74. The normalized spacial score (nSPS) is 25.1. The van der Waals surface area contributed by atoms with E-state index in [-0.39, 0.29) is 36.0 Å². The van der Waals surface area contributed by atoms with Crippen molar-refractivity contribution in [2.24, 2.45) is 11.8 Å². The first-order valence-electron chi connectivity index (χ1n) is 10.3. The fourth-order valence-corrected chi connectivity index (χ4v) is 4.74. The molecule has 24 heavy (non-hydrogen) atoms. The topological polar surface area (TPSA) is 26.3 Å². The Labute approximate surface area is 165 Å². The fraction of sp³-hybridized carbons (Fsp3) is 0.857. The first-order valence-corrected chi connectivity index (χ1v) is 10.3. The van der Waals surface area contributed by atoms with Gasteiger partial charge in [-0.3, -0.25) is 0 Å². The second-order valence-electron chi connectivity index (χ2n) is 8.02. The van der Waals surface area contributed by atoms with Crippen LogP contribution in [0.1, 0.15) is 96.3 Å². The van der Waals surface area contributed by atoms with Crippen molar-refractivity contribution in [3.63, 3.8) is 0 Å². The second kappa shape index (κ2) is 10.9. The van der Waals surface area contributed by atoms with E-state index >= 15 is 0 Å². The molecule has 0 aromatic carbocycles. The number of ether oxygens (including phenoxy) is 1. The van der Waals surface area contributed by atoms with E-state index in [0.29, 0.717) is 11.8 Å². The predicted molar refractivity (Wildman–Crippen MR) is 106 cm³/mol. The van der Waals surface area contributed by atoms with Gasteiger partial charge in [-0.2, -0.15) is 0 Å². The molecule has 0 bridgehead atoms. The second-order valence-corrected chi connectivity index (χ2v) is 8.02. The van der Waals surface area contributed by atoms with Crippen LogP contribution in [-0.4, -0.2) is 36.0 Å². The zero-order chi connectivity index (χ0) is 15.9. The van der Waals surface area contributed by atoms with Gasteiger partial charge in [0.15, 0.2) is 0 Å². The molecule has 3 aliphatic carbocycles. The molecule has 3 heteroatoms. The molecule has 0 spiro atoms. The minimum absolute atomic E-state index is 0. The first kappa shape index (κ1) is 20.3. The van der Waals surface area contributed by atoms with E-state index in [9.17, 15) is 4.79 Å². The van der Waals surface area contributed by atoms with Gasteiger partial charge in [-0.25, -0.2) is 4.79 Å². The van der Waals surface area contributed by atoms with Crippen molar-refractivity contribution < 1.29 is 9.53 Å². The zero-order valence-electron chi connectivity index (χ0n) is 14.7. The minimum atomic E-state index is 0. The van der Waals surface area contributed by atoms with Crippen molar-refractivity contribution in [2.45, 2.75) is 102 Å². The molecule has 0 saturated heterocycles. The first-order chi connectivity index (χ1) is 11.3. The molecule has 138 valence electrons. The third-order valence-electron chi connectivity index (χ3n) is 6.17. The standard InChI is InChI=1S/C21H34O2.Sn.4H/c22-21(23-19-14-8-3-9-15-19)20(18-12-6-2-7-13-18)16-17-10-4-1-5-11-17;;;;;/h16-19H,1-15H2;;;;;. The Morgan fingerprint density at radius 2 is 1.21 bits per heavy atom. The maximum atomic E-state index is 12.9. The van der Waals surface area contributed by atoms with E-state index in [1.165, 1.54) is 83.5 Å². The van der Waals surface area contributed by atoms with Gasteiger partial charge in [0.05, 0.1) is 0 Å². The van der Waals surface area contributed by atoms with Gasteiger partial charge < -0.3 is 4.74 Å². The van der Waals surface area contributed by atoms with Crippen LogP contribution in [0.4, 0.5) is 0 Å². The summed E-state index contributed by atoms with van der Waals surface area (Å²) in [7, 11) is 0. The Kier molecular flexibility index (Phi) is 9.21. The van der Waals surface area contributed by atoms with Gasteiger partial charge in [0.1, 0.15) is 6.10 Å². The number of esters is 1. The van der Waals surface area contributed by atoms with Gasteiger partial charge in [-0.05, 0) is 63.2 Å². The number of carbonyl (C=O) groups excluding carboxylic acids is 1. The summed E-state index contributed by atoms with van der Waals surface area (Å²) in [6, 6.07) is 0. The molecule has 2 nitrogen and oxygen atoms in total. The van der Waals surface area contributed by atoms with Crippen molar-refractivity contribution in [2.75, 3.05) is 0 Å². The van der Waals surface area contributed by atoms with Crippen LogP contribution >= 0.6 is 0 Å². The number of allylic oxidation sites excluding steroid dienone is 1. The maximum absolute atomic E-state index is 12.9. The summed E-state index contributed by atoms with van der Waals surface area (Å²) < 4.78 is 5.94. The summed E-state index contributed by atoms with van der Waals surface area (Å²) in [6.07, 6.45) is 21.3. The van der Waals surface area contributed by atoms with Crippen LogP contribution in [0.25, 0.3) is 0 Å². The average Bonchev–Trinajstić information content (AvgIpc) is 2.62. The molecule has 0 aromatic heterocycles. The van der Waals surface area contributed by atoms with Gasteiger partial charge in [0.2, 0.25) is 0 Å². The molecule has 0 radical (unpaired) electrons. The zero-order valence-corrected chi connectivity index (χ0v) is 14.7. The van der Waals surface area contributed by atoms with Crippen molar-refractivity contribution in [1.82, 2.24) is 0 Å². The molecule has 0 heterocycles. The van der Waals surface area contributed by atoms with Gasteiger partial charge in [-0.15, -0.1) is 0 Å². The van der Waals surface area contributed by atoms with Crippen molar-refractivity contribution in [1.29, 1.82) is 0 Å². The van der Waals surface area contributed by atoms with Crippen LogP contribution < -0.4 is 0 Å². The van der Waals surface area contributed by atoms with Crippen molar-refractivity contribution in [3.05, 3.63) is 11.6 Å². The molecule has 0 aromatic rings. The van der Waals surface area contributed by atoms with Crippen LogP contribution in [0.3, 0.4) is 0 Å². The summed E-state index contributed by atoms with van der Waals surface area (Å²) in [4.78, 5) is 12.9. The van der Waals surface area contributed by atoms with Gasteiger partial charge in [0.25, 0.3) is 0 Å². The summed E-state index contributed by atoms with van der Waals surface area (Å²) in [5.41, 5.74) is 1.06. The SMILES string of the molecule is O=C(OC1CCCCC1)C(=CC1CCCCC1)C1CCCCC1.[SnH4]. The molecule has 3 fully saturated rings. The van der Waals surface area contributed by atoms with Crippen LogP contribution in [0.2, 0.25) is 0 Å². The van der Waals surface area contributed by atoms with E-state index < -0.39 is 0 Å². The van der Waals surface area contributed by atoms with E-state index in [0.717, 1.165) is 18.4 Å². The molecule has 0 aliphatic heterocycles. The monoisotopic (exact) mass is 442 g/mol.